The van der Waals surface area contributed by atoms with Crippen molar-refractivity contribution >= 4 is 28.5 Å². The van der Waals surface area contributed by atoms with Gasteiger partial charge in [0.05, 0.1) is 16.9 Å². The summed E-state index contributed by atoms with van der Waals surface area (Å²) in [5, 5.41) is 0. The fourth-order valence-electron chi connectivity index (χ4n) is 5.90. The largest absolute Gasteiger partial charge is 0.300 e. The van der Waals surface area contributed by atoms with Crippen LogP contribution < -0.4 is 9.80 Å². The third-order valence-electron chi connectivity index (χ3n) is 7.33. The standard InChI is InChI=1S/C36H34N2O2/c1-23-19-25(3)32(26(4)20-23)37-17-18-38(33-27(5)21-24(2)22-28(33)6)36(37)31(29-13-9-7-10-14-29)35(40)34(39)30-15-11-8-12-16-30/h7-22H,1-6H3. The van der Waals surface area contributed by atoms with Crippen molar-refractivity contribution in [2.24, 2.45) is 0 Å². The highest BCUT2D eigenvalue weighted by molar-refractivity contribution is 6.58. The Morgan fingerprint density at radius 1 is 0.525 bits per heavy atom. The Kier molecular flexibility index (Phi) is 7.27. The number of carbonyl (C=O) groups is 2. The maximum Gasteiger partial charge on any atom is 0.237 e. The summed E-state index contributed by atoms with van der Waals surface area (Å²) in [6, 6.07) is 26.9. The van der Waals surface area contributed by atoms with Crippen LogP contribution in [0.4, 0.5) is 11.4 Å². The zero-order chi connectivity index (χ0) is 28.6. The van der Waals surface area contributed by atoms with E-state index in [0.29, 0.717) is 22.5 Å². The molecule has 1 aliphatic rings. The van der Waals surface area contributed by atoms with E-state index in [4.69, 9.17) is 0 Å². The summed E-state index contributed by atoms with van der Waals surface area (Å²) < 4.78 is 0. The quantitative estimate of drug-likeness (QED) is 0.144. The zero-order valence-corrected chi connectivity index (χ0v) is 23.9. The summed E-state index contributed by atoms with van der Waals surface area (Å²) in [5.41, 5.74) is 10.1. The van der Waals surface area contributed by atoms with Crippen LogP contribution in [0.2, 0.25) is 0 Å². The van der Waals surface area contributed by atoms with Crippen LogP contribution in [0.5, 0.6) is 0 Å². The van der Waals surface area contributed by atoms with Crippen molar-refractivity contribution in [2.75, 3.05) is 9.80 Å². The van der Waals surface area contributed by atoms with Crippen LogP contribution >= 0.6 is 0 Å². The van der Waals surface area contributed by atoms with Crippen molar-refractivity contribution in [2.45, 2.75) is 41.5 Å². The molecule has 0 radical (unpaired) electrons. The van der Waals surface area contributed by atoms with Gasteiger partial charge in [0.25, 0.3) is 0 Å². The number of rotatable bonds is 6. The average molecular weight is 527 g/mol. The minimum absolute atomic E-state index is 0.359. The van der Waals surface area contributed by atoms with Crippen LogP contribution in [-0.4, -0.2) is 11.6 Å². The van der Waals surface area contributed by atoms with Gasteiger partial charge in [-0.1, -0.05) is 96.1 Å². The molecule has 0 N–H and O–H groups in total. The first-order valence-corrected chi connectivity index (χ1v) is 13.5. The molecule has 0 saturated carbocycles. The van der Waals surface area contributed by atoms with E-state index in [1.54, 1.807) is 24.3 Å². The molecule has 4 heteroatoms. The highest BCUT2D eigenvalue weighted by Crippen LogP contribution is 2.42. The number of aryl methyl sites for hydroxylation is 6. The predicted molar refractivity (Wildman–Crippen MR) is 165 cm³/mol. The van der Waals surface area contributed by atoms with Gasteiger partial charge in [0, 0.05) is 18.0 Å². The van der Waals surface area contributed by atoms with Gasteiger partial charge in [-0.3, -0.25) is 9.59 Å². The smallest absolute Gasteiger partial charge is 0.237 e. The number of nitrogens with zero attached hydrogens (tertiary/aromatic N) is 2. The number of carbonyl (C=O) groups excluding carboxylic acids is 2. The summed E-state index contributed by atoms with van der Waals surface area (Å²) in [6.45, 7) is 12.5. The lowest BCUT2D eigenvalue weighted by atomic mass is 9.94. The Bertz CT molecular complexity index is 1570. The topological polar surface area (TPSA) is 40.6 Å². The molecule has 0 amide bonds. The van der Waals surface area contributed by atoms with Crippen molar-refractivity contribution in [3.63, 3.8) is 0 Å². The summed E-state index contributed by atoms with van der Waals surface area (Å²) in [5.74, 6) is -0.435. The van der Waals surface area contributed by atoms with Gasteiger partial charge in [-0.05, 0) is 69.4 Å². The first kappa shape index (κ1) is 26.9. The molecule has 0 saturated heterocycles. The second kappa shape index (κ2) is 10.8. The first-order chi connectivity index (χ1) is 19.2. The molecule has 1 heterocycles. The molecule has 0 aromatic heterocycles. The highest BCUT2D eigenvalue weighted by Gasteiger charge is 2.35. The van der Waals surface area contributed by atoms with E-state index < -0.39 is 11.6 Å². The van der Waals surface area contributed by atoms with E-state index in [1.165, 1.54) is 11.1 Å². The molecule has 4 aromatic rings. The number of benzene rings is 4. The molecule has 0 bridgehead atoms. The Balaban J connectivity index is 1.84. The molecule has 40 heavy (non-hydrogen) atoms. The minimum Gasteiger partial charge on any atom is -0.300 e. The fraction of sp³-hybridized carbons (Fsp3) is 0.167. The maximum absolute atomic E-state index is 14.3. The number of allylic oxidation sites excluding steroid dienone is 1. The molecular formula is C36H34N2O2. The summed E-state index contributed by atoms with van der Waals surface area (Å²) >= 11 is 0. The summed E-state index contributed by atoms with van der Waals surface area (Å²) in [4.78, 5) is 32.2. The van der Waals surface area contributed by atoms with E-state index in [-0.39, 0.29) is 0 Å². The second-order valence-corrected chi connectivity index (χ2v) is 10.6. The lowest BCUT2D eigenvalue weighted by molar-refractivity contribution is -0.110. The normalized spacial score (nSPS) is 12.7. The molecule has 0 aliphatic carbocycles. The van der Waals surface area contributed by atoms with Crippen LogP contribution in [-0.2, 0) is 4.79 Å². The molecular weight excluding hydrogens is 492 g/mol. The number of ketones is 2. The van der Waals surface area contributed by atoms with Gasteiger partial charge < -0.3 is 9.80 Å². The molecule has 0 atom stereocenters. The fourth-order valence-corrected chi connectivity index (χ4v) is 5.90. The Morgan fingerprint density at radius 3 is 1.30 bits per heavy atom. The lowest BCUT2D eigenvalue weighted by Crippen LogP contribution is -2.30. The van der Waals surface area contributed by atoms with Crippen molar-refractivity contribution in [3.05, 3.63) is 148 Å². The molecule has 0 unspecified atom stereocenters. The van der Waals surface area contributed by atoms with E-state index >= 15 is 0 Å². The van der Waals surface area contributed by atoms with Gasteiger partial charge in [0.1, 0.15) is 5.82 Å². The number of anilines is 2. The summed E-state index contributed by atoms with van der Waals surface area (Å²) in [7, 11) is 0. The monoisotopic (exact) mass is 526 g/mol. The molecule has 4 nitrogen and oxygen atoms in total. The third kappa shape index (κ3) is 4.89. The molecule has 0 fully saturated rings. The summed E-state index contributed by atoms with van der Waals surface area (Å²) in [6.07, 6.45) is 4.00. The van der Waals surface area contributed by atoms with E-state index in [9.17, 15) is 9.59 Å². The van der Waals surface area contributed by atoms with Gasteiger partial charge in [0.2, 0.25) is 11.6 Å². The lowest BCUT2D eigenvalue weighted by Gasteiger charge is -2.31. The van der Waals surface area contributed by atoms with Gasteiger partial charge in [-0.25, -0.2) is 0 Å². The molecule has 200 valence electrons. The van der Waals surface area contributed by atoms with Crippen molar-refractivity contribution in [1.29, 1.82) is 0 Å². The second-order valence-electron chi connectivity index (χ2n) is 10.6. The van der Waals surface area contributed by atoms with Crippen molar-refractivity contribution in [1.82, 2.24) is 0 Å². The predicted octanol–water partition coefficient (Wildman–Crippen LogP) is 8.16. The van der Waals surface area contributed by atoms with Crippen LogP contribution in [0.3, 0.4) is 0 Å². The van der Waals surface area contributed by atoms with E-state index in [0.717, 1.165) is 33.6 Å². The number of Topliss-reactive ketones (excluding diaryl/α,β-unsaturated/α-hetero) is 2. The van der Waals surface area contributed by atoms with Crippen molar-refractivity contribution in [3.8, 4) is 0 Å². The zero-order valence-electron chi connectivity index (χ0n) is 23.9. The third-order valence-corrected chi connectivity index (χ3v) is 7.33. The Morgan fingerprint density at radius 2 is 0.900 bits per heavy atom. The maximum atomic E-state index is 14.3. The number of hydrogen-bond acceptors (Lipinski definition) is 4. The van der Waals surface area contributed by atoms with Crippen molar-refractivity contribution < 1.29 is 9.59 Å². The van der Waals surface area contributed by atoms with Crippen LogP contribution in [0, 0.1) is 41.5 Å². The van der Waals surface area contributed by atoms with Gasteiger partial charge in [0.15, 0.2) is 0 Å². The molecule has 1 aliphatic heterocycles. The average Bonchev–Trinajstić information content (AvgIpc) is 3.31. The van der Waals surface area contributed by atoms with Crippen LogP contribution in [0.25, 0.3) is 5.57 Å². The Labute approximate surface area is 236 Å². The van der Waals surface area contributed by atoms with Gasteiger partial charge in [-0.2, -0.15) is 0 Å². The number of hydrogen-bond donors (Lipinski definition) is 0. The first-order valence-electron chi connectivity index (χ1n) is 13.5. The van der Waals surface area contributed by atoms with Gasteiger partial charge >= 0.3 is 0 Å². The van der Waals surface area contributed by atoms with Gasteiger partial charge in [-0.15, -0.1) is 0 Å². The van der Waals surface area contributed by atoms with Crippen LogP contribution in [0.15, 0.2) is 103 Å². The Hall–Kier alpha value is -4.70. The molecule has 4 aromatic carbocycles. The highest BCUT2D eigenvalue weighted by atomic mass is 16.2. The van der Waals surface area contributed by atoms with E-state index in [2.05, 4.69) is 75.6 Å². The minimum atomic E-state index is -0.545. The van der Waals surface area contributed by atoms with E-state index in [1.807, 2.05) is 48.8 Å². The molecule has 0 spiro atoms. The van der Waals surface area contributed by atoms with Crippen LogP contribution in [0.1, 0.15) is 49.3 Å². The SMILES string of the molecule is Cc1cc(C)c(N2C=CN(c3c(C)cc(C)cc3C)C2=C(C(=O)C(=O)c2ccccc2)c2ccccc2)c(C)c1. The molecule has 5 rings (SSSR count).